The highest BCUT2D eigenvalue weighted by Gasteiger charge is 2.30. The minimum atomic E-state index is -0.427. The number of aryl methyl sites for hydroxylation is 3. The van der Waals surface area contributed by atoms with Crippen molar-refractivity contribution in [2.45, 2.75) is 73.8 Å². The SMILES string of the molecule is Cc1cc(C(N)=O)ccc1-c1c2c(nn1-c1c(C)cccc1OCC(C)C)CCN(c1cc(C(C)(C)C)ccc1C)C2. The number of nitrogens with two attached hydrogens (primary N) is 1. The van der Waals surface area contributed by atoms with Crippen LogP contribution in [0.4, 0.5) is 5.69 Å². The zero-order valence-corrected chi connectivity index (χ0v) is 26.3. The number of rotatable bonds is 7. The van der Waals surface area contributed by atoms with Gasteiger partial charge < -0.3 is 15.4 Å². The molecule has 3 aromatic carbocycles. The van der Waals surface area contributed by atoms with Gasteiger partial charge in [-0.1, -0.05) is 65.0 Å². The van der Waals surface area contributed by atoms with Crippen LogP contribution in [0.2, 0.25) is 0 Å². The molecule has 5 rings (SSSR count). The van der Waals surface area contributed by atoms with E-state index in [0.717, 1.165) is 59.0 Å². The highest BCUT2D eigenvalue weighted by molar-refractivity contribution is 5.94. The van der Waals surface area contributed by atoms with Crippen LogP contribution in [0.15, 0.2) is 54.6 Å². The van der Waals surface area contributed by atoms with Gasteiger partial charge >= 0.3 is 0 Å². The number of fused-ring (bicyclic) bond motifs is 1. The summed E-state index contributed by atoms with van der Waals surface area (Å²) in [6.07, 6.45) is 0.834. The van der Waals surface area contributed by atoms with Gasteiger partial charge in [-0.05, 0) is 78.6 Å². The quantitative estimate of drug-likeness (QED) is 0.253. The van der Waals surface area contributed by atoms with E-state index < -0.39 is 5.91 Å². The maximum absolute atomic E-state index is 12.0. The first-order valence-corrected chi connectivity index (χ1v) is 15.0. The van der Waals surface area contributed by atoms with Gasteiger partial charge in [-0.25, -0.2) is 4.68 Å². The van der Waals surface area contributed by atoms with Crippen molar-refractivity contribution in [2.24, 2.45) is 11.7 Å². The maximum Gasteiger partial charge on any atom is 0.248 e. The minimum absolute atomic E-state index is 0.0654. The third-order valence-corrected chi connectivity index (χ3v) is 8.20. The number of primary amides is 1. The molecule has 6 heteroatoms. The number of aromatic nitrogens is 2. The Kier molecular flexibility index (Phi) is 7.93. The van der Waals surface area contributed by atoms with Gasteiger partial charge in [-0.2, -0.15) is 5.10 Å². The number of nitrogens with zero attached hydrogens (tertiary/aromatic N) is 3. The van der Waals surface area contributed by atoms with Crippen LogP contribution >= 0.6 is 0 Å². The summed E-state index contributed by atoms with van der Waals surface area (Å²) in [6.45, 7) is 19.7. The van der Waals surface area contributed by atoms with Crippen LogP contribution in [0.1, 0.15) is 78.5 Å². The van der Waals surface area contributed by atoms with Crippen molar-refractivity contribution in [3.63, 3.8) is 0 Å². The van der Waals surface area contributed by atoms with Crippen molar-refractivity contribution in [1.29, 1.82) is 0 Å². The smallest absolute Gasteiger partial charge is 0.248 e. The van der Waals surface area contributed by atoms with Gasteiger partial charge in [0.1, 0.15) is 11.4 Å². The lowest BCUT2D eigenvalue weighted by Crippen LogP contribution is -2.31. The minimum Gasteiger partial charge on any atom is -0.491 e. The molecule has 0 bridgehead atoms. The highest BCUT2D eigenvalue weighted by atomic mass is 16.5. The number of carbonyl (C=O) groups excluding carboxylic acids is 1. The Morgan fingerprint density at radius 1 is 1.00 bits per heavy atom. The molecule has 2 heterocycles. The van der Waals surface area contributed by atoms with Gasteiger partial charge in [0.15, 0.2) is 0 Å². The predicted molar refractivity (Wildman–Crippen MR) is 172 cm³/mol. The Morgan fingerprint density at radius 2 is 1.76 bits per heavy atom. The van der Waals surface area contributed by atoms with Crippen molar-refractivity contribution < 1.29 is 9.53 Å². The Bertz CT molecular complexity index is 1640. The lowest BCUT2D eigenvalue weighted by Gasteiger charge is -2.32. The topological polar surface area (TPSA) is 73.4 Å². The molecule has 1 aliphatic rings. The molecule has 220 valence electrons. The van der Waals surface area contributed by atoms with E-state index in [9.17, 15) is 4.79 Å². The van der Waals surface area contributed by atoms with E-state index in [1.54, 1.807) is 0 Å². The molecule has 0 aliphatic carbocycles. The van der Waals surface area contributed by atoms with E-state index in [-0.39, 0.29) is 5.41 Å². The number of carbonyl (C=O) groups is 1. The number of amides is 1. The van der Waals surface area contributed by atoms with Crippen molar-refractivity contribution in [1.82, 2.24) is 9.78 Å². The summed E-state index contributed by atoms with van der Waals surface area (Å²) in [6, 6.07) is 18.7. The lowest BCUT2D eigenvalue weighted by molar-refractivity contribution is 0.1000. The van der Waals surface area contributed by atoms with Crippen molar-refractivity contribution in [3.05, 3.63) is 93.7 Å². The summed E-state index contributed by atoms with van der Waals surface area (Å²) in [4.78, 5) is 14.5. The summed E-state index contributed by atoms with van der Waals surface area (Å²) in [5.74, 6) is 0.790. The van der Waals surface area contributed by atoms with Gasteiger partial charge in [0.05, 0.1) is 18.0 Å². The van der Waals surface area contributed by atoms with Crippen LogP contribution in [0.3, 0.4) is 0 Å². The summed E-state index contributed by atoms with van der Waals surface area (Å²) < 4.78 is 8.44. The number of ether oxygens (including phenoxy) is 1. The molecular formula is C36H44N4O2. The molecule has 0 fully saturated rings. The molecule has 6 nitrogen and oxygen atoms in total. The largest absolute Gasteiger partial charge is 0.491 e. The molecule has 1 amide bonds. The van der Waals surface area contributed by atoms with Crippen molar-refractivity contribution in [3.8, 4) is 22.7 Å². The van der Waals surface area contributed by atoms with Gasteiger partial charge in [-0.3, -0.25) is 4.79 Å². The predicted octanol–water partition coefficient (Wildman–Crippen LogP) is 7.46. The summed E-state index contributed by atoms with van der Waals surface area (Å²) in [5.41, 5.74) is 17.5. The van der Waals surface area contributed by atoms with E-state index >= 15 is 0 Å². The Morgan fingerprint density at radius 3 is 2.43 bits per heavy atom. The molecule has 42 heavy (non-hydrogen) atoms. The Hall–Kier alpha value is -4.06. The average molecular weight is 565 g/mol. The lowest BCUT2D eigenvalue weighted by atomic mass is 9.86. The number of benzene rings is 3. The summed E-state index contributed by atoms with van der Waals surface area (Å²) >= 11 is 0. The van der Waals surface area contributed by atoms with Crippen LogP contribution in [0, 0.1) is 26.7 Å². The van der Waals surface area contributed by atoms with E-state index in [1.807, 2.05) is 37.3 Å². The molecule has 0 radical (unpaired) electrons. The molecule has 1 aromatic heterocycles. The van der Waals surface area contributed by atoms with E-state index in [1.165, 1.54) is 22.4 Å². The zero-order chi connectivity index (χ0) is 30.3. The zero-order valence-electron chi connectivity index (χ0n) is 26.3. The van der Waals surface area contributed by atoms with E-state index in [0.29, 0.717) is 18.1 Å². The van der Waals surface area contributed by atoms with Crippen molar-refractivity contribution >= 4 is 11.6 Å². The number of hydrogen-bond acceptors (Lipinski definition) is 4. The second kappa shape index (κ2) is 11.3. The Labute approximate surface area is 250 Å². The number of anilines is 1. The Balaban J connectivity index is 1.70. The van der Waals surface area contributed by atoms with Gasteiger partial charge in [0, 0.05) is 41.9 Å². The number of hydrogen-bond donors (Lipinski definition) is 1. The van der Waals surface area contributed by atoms with Crippen molar-refractivity contribution in [2.75, 3.05) is 18.1 Å². The monoisotopic (exact) mass is 564 g/mol. The van der Waals surface area contributed by atoms with E-state index in [2.05, 4.69) is 82.3 Å². The van der Waals surface area contributed by atoms with Gasteiger partial charge in [-0.15, -0.1) is 0 Å². The molecule has 0 saturated heterocycles. The molecular weight excluding hydrogens is 520 g/mol. The summed E-state index contributed by atoms with van der Waals surface area (Å²) in [7, 11) is 0. The molecule has 1 aliphatic heterocycles. The standard InChI is InChI=1S/C36H44N4O2/c1-22(2)21-42-32-11-9-10-24(4)33(32)40-34(28-15-13-26(35(37)41)18-25(28)5)29-20-39(17-16-30(29)38-40)31-19-27(36(6,7)8)14-12-23(31)3/h9-15,18-19,22H,16-17,20-21H2,1-8H3,(H2,37,41). The average Bonchev–Trinajstić information content (AvgIpc) is 3.29. The third-order valence-electron chi connectivity index (χ3n) is 8.20. The second-order valence-electron chi connectivity index (χ2n) is 13.1. The fraction of sp³-hybridized carbons (Fsp3) is 0.389. The molecule has 2 N–H and O–H groups in total. The fourth-order valence-corrected chi connectivity index (χ4v) is 5.79. The summed E-state index contributed by atoms with van der Waals surface area (Å²) in [5, 5.41) is 5.27. The normalized spacial score (nSPS) is 13.4. The van der Waals surface area contributed by atoms with Crippen LogP contribution in [-0.2, 0) is 18.4 Å². The first kappa shape index (κ1) is 29.4. The van der Waals surface area contributed by atoms with Gasteiger partial charge in [0.25, 0.3) is 0 Å². The highest BCUT2D eigenvalue weighted by Crippen LogP contribution is 2.40. The molecule has 0 spiro atoms. The third kappa shape index (κ3) is 5.67. The van der Waals surface area contributed by atoms with E-state index in [4.69, 9.17) is 15.6 Å². The fourth-order valence-electron chi connectivity index (χ4n) is 5.79. The first-order chi connectivity index (χ1) is 19.8. The van der Waals surface area contributed by atoms with Crippen LogP contribution < -0.4 is 15.4 Å². The first-order valence-electron chi connectivity index (χ1n) is 15.0. The second-order valence-corrected chi connectivity index (χ2v) is 13.1. The van der Waals surface area contributed by atoms with Gasteiger partial charge in [0.2, 0.25) is 5.91 Å². The molecule has 0 saturated carbocycles. The molecule has 0 atom stereocenters. The number of para-hydroxylation sites is 1. The van der Waals surface area contributed by atoms with Crippen LogP contribution in [0.5, 0.6) is 5.75 Å². The van der Waals surface area contributed by atoms with Crippen LogP contribution in [-0.4, -0.2) is 28.8 Å². The van der Waals surface area contributed by atoms with Crippen LogP contribution in [0.25, 0.3) is 16.9 Å². The molecule has 0 unspecified atom stereocenters. The maximum atomic E-state index is 12.0. The molecule has 4 aromatic rings.